The Balaban J connectivity index is 1.63. The minimum Gasteiger partial charge on any atom is -0.299 e. The fourth-order valence-corrected chi connectivity index (χ4v) is 3.98. The summed E-state index contributed by atoms with van der Waals surface area (Å²) in [5.41, 5.74) is 1.43. The van der Waals surface area contributed by atoms with Gasteiger partial charge in [-0.1, -0.05) is 43.2 Å². The van der Waals surface area contributed by atoms with Crippen molar-refractivity contribution in [3.63, 3.8) is 0 Å². The van der Waals surface area contributed by atoms with Gasteiger partial charge in [0.25, 0.3) is 0 Å². The van der Waals surface area contributed by atoms with E-state index in [9.17, 15) is 0 Å². The van der Waals surface area contributed by atoms with Crippen LogP contribution in [0.4, 0.5) is 0 Å². The van der Waals surface area contributed by atoms with Crippen molar-refractivity contribution in [1.82, 2.24) is 4.90 Å². The largest absolute Gasteiger partial charge is 0.299 e. The first kappa shape index (κ1) is 12.5. The van der Waals surface area contributed by atoms with Gasteiger partial charge in [0.2, 0.25) is 0 Å². The van der Waals surface area contributed by atoms with Gasteiger partial charge in [-0.2, -0.15) is 0 Å². The zero-order chi connectivity index (χ0) is 12.4. The molecule has 0 aromatic heterocycles. The van der Waals surface area contributed by atoms with Crippen LogP contribution in [0.3, 0.4) is 0 Å². The minimum absolute atomic E-state index is 0.130. The first-order valence-electron chi connectivity index (χ1n) is 7.21. The Kier molecular flexibility index (Phi) is 3.63. The lowest BCUT2D eigenvalue weighted by atomic mass is 9.74. The number of hydrogen-bond donors (Lipinski definition) is 0. The Morgan fingerprint density at radius 3 is 2.83 bits per heavy atom. The number of nitrogens with zero attached hydrogens (tertiary/aromatic N) is 1. The number of fused-ring (bicyclic) bond motifs is 1. The van der Waals surface area contributed by atoms with E-state index in [1.807, 2.05) is 0 Å². The molecule has 2 fully saturated rings. The molecule has 0 bridgehead atoms. The molecule has 2 aliphatic rings. The van der Waals surface area contributed by atoms with Gasteiger partial charge in [-0.15, -0.1) is 11.6 Å². The van der Waals surface area contributed by atoms with Crippen LogP contribution in [0.1, 0.15) is 37.7 Å². The summed E-state index contributed by atoms with van der Waals surface area (Å²) in [5.74, 6) is 0.713. The van der Waals surface area contributed by atoms with Crippen molar-refractivity contribution in [2.75, 3.05) is 13.1 Å². The number of piperidine rings is 1. The van der Waals surface area contributed by atoms with Crippen LogP contribution < -0.4 is 0 Å². The van der Waals surface area contributed by atoms with Crippen molar-refractivity contribution in [3.05, 3.63) is 35.9 Å². The maximum Gasteiger partial charge on any atom is 0.0499 e. The molecule has 0 N–H and O–H groups in total. The molecular weight excluding hydrogens is 242 g/mol. The summed E-state index contributed by atoms with van der Waals surface area (Å²) in [7, 11) is 0. The Labute approximate surface area is 115 Å². The Hall–Kier alpha value is -0.530. The Bertz CT molecular complexity index is 391. The van der Waals surface area contributed by atoms with E-state index in [1.165, 1.54) is 44.2 Å². The van der Waals surface area contributed by atoms with Gasteiger partial charge >= 0.3 is 0 Å². The summed E-state index contributed by atoms with van der Waals surface area (Å²) in [6.45, 7) is 3.44. The third kappa shape index (κ3) is 2.57. The molecule has 1 saturated carbocycles. The van der Waals surface area contributed by atoms with Crippen molar-refractivity contribution in [3.8, 4) is 0 Å². The van der Waals surface area contributed by atoms with Crippen LogP contribution in [0.5, 0.6) is 0 Å². The van der Waals surface area contributed by atoms with Crippen LogP contribution in [-0.2, 0) is 6.54 Å². The van der Waals surface area contributed by atoms with Crippen molar-refractivity contribution >= 4 is 11.6 Å². The van der Waals surface area contributed by atoms with Crippen LogP contribution in [-0.4, -0.2) is 22.9 Å². The van der Waals surface area contributed by atoms with Crippen molar-refractivity contribution < 1.29 is 0 Å². The highest BCUT2D eigenvalue weighted by Crippen LogP contribution is 2.44. The van der Waals surface area contributed by atoms with Gasteiger partial charge in [-0.05, 0) is 30.7 Å². The fraction of sp³-hybridized carbons (Fsp3) is 0.625. The average Bonchev–Trinajstić information content (AvgIpc) is 2.40. The molecule has 2 unspecified atom stereocenters. The molecule has 1 heterocycles. The molecule has 1 aromatic rings. The van der Waals surface area contributed by atoms with Crippen molar-refractivity contribution in [2.24, 2.45) is 5.92 Å². The molecule has 0 radical (unpaired) electrons. The number of benzene rings is 1. The predicted octanol–water partition coefficient (Wildman–Crippen LogP) is 4.06. The van der Waals surface area contributed by atoms with E-state index >= 15 is 0 Å². The standard InChI is InChI=1S/C16H22ClN/c17-16-9-5-4-8-15(16)13-18(11-10-16)12-14-6-2-1-3-7-14/h1-3,6-7,15H,4-5,8-13H2. The SMILES string of the molecule is ClC12CCCCC1CN(Cc1ccccc1)CC2. The highest BCUT2D eigenvalue weighted by Gasteiger charge is 2.42. The van der Waals surface area contributed by atoms with E-state index in [2.05, 4.69) is 35.2 Å². The highest BCUT2D eigenvalue weighted by molar-refractivity contribution is 6.24. The summed E-state index contributed by atoms with van der Waals surface area (Å²) in [4.78, 5) is 2.72. The van der Waals surface area contributed by atoms with Crippen LogP contribution in [0.25, 0.3) is 0 Å². The topological polar surface area (TPSA) is 3.24 Å². The molecule has 1 saturated heterocycles. The molecule has 1 aliphatic heterocycles. The van der Waals surface area contributed by atoms with Crippen molar-refractivity contribution in [1.29, 1.82) is 0 Å². The number of halogens is 1. The molecular formula is C16H22ClN. The maximum atomic E-state index is 6.82. The molecule has 2 atom stereocenters. The second kappa shape index (κ2) is 5.22. The van der Waals surface area contributed by atoms with Gasteiger partial charge in [-0.3, -0.25) is 4.90 Å². The number of rotatable bonds is 2. The van der Waals surface area contributed by atoms with Gasteiger partial charge in [0, 0.05) is 24.5 Å². The molecule has 1 nitrogen and oxygen atoms in total. The zero-order valence-electron chi connectivity index (χ0n) is 10.9. The van der Waals surface area contributed by atoms with Gasteiger partial charge in [0.15, 0.2) is 0 Å². The number of hydrogen-bond acceptors (Lipinski definition) is 1. The summed E-state index contributed by atoms with van der Waals surface area (Å²) >= 11 is 6.82. The predicted molar refractivity (Wildman–Crippen MR) is 76.9 cm³/mol. The zero-order valence-corrected chi connectivity index (χ0v) is 11.7. The normalized spacial score (nSPS) is 33.1. The van der Waals surface area contributed by atoms with Gasteiger partial charge in [0.05, 0.1) is 0 Å². The number of likely N-dealkylation sites (tertiary alicyclic amines) is 1. The average molecular weight is 264 g/mol. The van der Waals surface area contributed by atoms with E-state index < -0.39 is 0 Å². The van der Waals surface area contributed by atoms with Gasteiger partial charge in [0.1, 0.15) is 0 Å². The lowest BCUT2D eigenvalue weighted by Gasteiger charge is -2.47. The molecule has 18 heavy (non-hydrogen) atoms. The summed E-state index contributed by atoms with van der Waals surface area (Å²) < 4.78 is 0. The second-order valence-corrected chi connectivity index (χ2v) is 6.70. The number of alkyl halides is 1. The van der Waals surface area contributed by atoms with E-state index in [0.717, 1.165) is 13.1 Å². The molecule has 3 rings (SSSR count). The second-order valence-electron chi connectivity index (χ2n) is 5.95. The van der Waals surface area contributed by atoms with E-state index in [4.69, 9.17) is 11.6 Å². The maximum absolute atomic E-state index is 6.82. The molecule has 2 heteroatoms. The molecule has 1 aromatic carbocycles. The Morgan fingerprint density at radius 1 is 1.17 bits per heavy atom. The van der Waals surface area contributed by atoms with Crippen molar-refractivity contribution in [2.45, 2.75) is 43.5 Å². The third-order valence-electron chi connectivity index (χ3n) is 4.70. The summed E-state index contributed by atoms with van der Waals surface area (Å²) in [6.07, 6.45) is 6.44. The lowest BCUT2D eigenvalue weighted by Crippen LogP contribution is -2.49. The molecule has 0 amide bonds. The highest BCUT2D eigenvalue weighted by atomic mass is 35.5. The smallest absolute Gasteiger partial charge is 0.0499 e. The van der Waals surface area contributed by atoms with E-state index in [0.29, 0.717) is 5.92 Å². The van der Waals surface area contributed by atoms with Gasteiger partial charge in [-0.25, -0.2) is 0 Å². The minimum atomic E-state index is 0.130. The lowest BCUT2D eigenvalue weighted by molar-refractivity contribution is 0.0987. The Morgan fingerprint density at radius 2 is 2.00 bits per heavy atom. The summed E-state index contributed by atoms with van der Waals surface area (Å²) in [5, 5.41) is 0. The van der Waals surface area contributed by atoms with Gasteiger partial charge < -0.3 is 0 Å². The van der Waals surface area contributed by atoms with Crippen LogP contribution in [0, 0.1) is 5.92 Å². The first-order chi connectivity index (χ1) is 8.76. The van der Waals surface area contributed by atoms with Crippen LogP contribution in [0.15, 0.2) is 30.3 Å². The molecule has 0 spiro atoms. The molecule has 98 valence electrons. The monoisotopic (exact) mass is 263 g/mol. The van der Waals surface area contributed by atoms with E-state index in [-0.39, 0.29) is 4.87 Å². The summed E-state index contributed by atoms with van der Waals surface area (Å²) in [6, 6.07) is 10.8. The molecule has 1 aliphatic carbocycles. The third-order valence-corrected chi connectivity index (χ3v) is 5.38. The van der Waals surface area contributed by atoms with E-state index in [1.54, 1.807) is 0 Å². The van der Waals surface area contributed by atoms with Crippen LogP contribution >= 0.6 is 11.6 Å². The first-order valence-corrected chi connectivity index (χ1v) is 7.59. The quantitative estimate of drug-likeness (QED) is 0.728. The van der Waals surface area contributed by atoms with Crippen LogP contribution in [0.2, 0.25) is 0 Å². The fourth-order valence-electron chi connectivity index (χ4n) is 3.59.